The van der Waals surface area contributed by atoms with Crippen molar-refractivity contribution in [2.24, 2.45) is 5.92 Å². The minimum absolute atomic E-state index is 0.0671. The molecule has 1 aromatic carbocycles. The van der Waals surface area contributed by atoms with Crippen molar-refractivity contribution in [3.8, 4) is 11.5 Å². The highest BCUT2D eigenvalue weighted by Gasteiger charge is 2.26. The van der Waals surface area contributed by atoms with E-state index >= 15 is 0 Å². The van der Waals surface area contributed by atoms with E-state index in [0.29, 0.717) is 36.8 Å². The second kappa shape index (κ2) is 8.97. The maximum atomic E-state index is 12.8. The van der Waals surface area contributed by atoms with Gasteiger partial charge in [0.05, 0.1) is 19.3 Å². The fourth-order valence-corrected chi connectivity index (χ4v) is 4.69. The third-order valence-corrected chi connectivity index (χ3v) is 6.57. The van der Waals surface area contributed by atoms with E-state index in [-0.39, 0.29) is 11.9 Å². The van der Waals surface area contributed by atoms with Gasteiger partial charge in [0.25, 0.3) is 5.91 Å². The summed E-state index contributed by atoms with van der Waals surface area (Å²) in [6.07, 6.45) is 3.29. The van der Waals surface area contributed by atoms with Crippen molar-refractivity contribution in [3.05, 3.63) is 46.2 Å². The van der Waals surface area contributed by atoms with Crippen molar-refractivity contribution in [1.29, 1.82) is 0 Å². The monoisotopic (exact) mass is 400 g/mol. The van der Waals surface area contributed by atoms with Crippen LogP contribution in [0.1, 0.15) is 47.5 Å². The first kappa shape index (κ1) is 19.3. The van der Waals surface area contributed by atoms with E-state index in [1.807, 2.05) is 12.1 Å². The lowest BCUT2D eigenvalue weighted by molar-refractivity contribution is 0.0914. The normalized spacial score (nSPS) is 19.0. The molecule has 1 atom stereocenters. The Balaban J connectivity index is 1.43. The van der Waals surface area contributed by atoms with Gasteiger partial charge in [0.2, 0.25) is 0 Å². The maximum absolute atomic E-state index is 12.8. The number of nitrogens with zero attached hydrogens (tertiary/aromatic N) is 1. The molecule has 2 aromatic rings. The summed E-state index contributed by atoms with van der Waals surface area (Å²) >= 11 is 1.76. The van der Waals surface area contributed by atoms with Crippen LogP contribution in [-0.4, -0.2) is 43.7 Å². The molecule has 150 valence electrons. The molecule has 28 heavy (non-hydrogen) atoms. The van der Waals surface area contributed by atoms with Gasteiger partial charge >= 0.3 is 0 Å². The largest absolute Gasteiger partial charge is 0.490 e. The number of likely N-dealkylation sites (tertiary alicyclic amines) is 1. The summed E-state index contributed by atoms with van der Waals surface area (Å²) < 4.78 is 11.4. The zero-order chi connectivity index (χ0) is 19.3. The smallest absolute Gasteiger partial charge is 0.251 e. The average Bonchev–Trinajstić information content (AvgIpc) is 3.14. The molecule has 1 saturated heterocycles. The predicted octanol–water partition coefficient (Wildman–Crippen LogP) is 4.11. The van der Waals surface area contributed by atoms with Crippen LogP contribution < -0.4 is 14.8 Å². The summed E-state index contributed by atoms with van der Waals surface area (Å²) in [6.45, 7) is 6.38. The summed E-state index contributed by atoms with van der Waals surface area (Å²) in [5.74, 6) is 2.09. The number of carbonyl (C=O) groups is 1. The van der Waals surface area contributed by atoms with Gasteiger partial charge in [-0.1, -0.05) is 13.0 Å². The van der Waals surface area contributed by atoms with E-state index in [1.54, 1.807) is 17.4 Å². The van der Waals surface area contributed by atoms with Gasteiger partial charge in [-0.15, -0.1) is 11.3 Å². The number of hydrogen-bond acceptors (Lipinski definition) is 5. The molecular weight excluding hydrogens is 372 g/mol. The molecule has 0 aliphatic carbocycles. The number of hydrogen-bond donors (Lipinski definition) is 1. The third-order valence-electron chi connectivity index (χ3n) is 5.60. The first-order valence-electron chi connectivity index (χ1n) is 10.2. The van der Waals surface area contributed by atoms with Gasteiger partial charge in [-0.3, -0.25) is 9.69 Å². The van der Waals surface area contributed by atoms with Crippen LogP contribution in [0.5, 0.6) is 11.5 Å². The average molecular weight is 401 g/mol. The summed E-state index contributed by atoms with van der Waals surface area (Å²) in [4.78, 5) is 16.6. The minimum Gasteiger partial charge on any atom is -0.490 e. The maximum Gasteiger partial charge on any atom is 0.251 e. The quantitative estimate of drug-likeness (QED) is 0.821. The van der Waals surface area contributed by atoms with Gasteiger partial charge in [-0.05, 0) is 61.5 Å². The van der Waals surface area contributed by atoms with Crippen LogP contribution in [0.25, 0.3) is 0 Å². The molecule has 1 fully saturated rings. The topological polar surface area (TPSA) is 50.8 Å². The van der Waals surface area contributed by atoms with E-state index in [0.717, 1.165) is 25.4 Å². The van der Waals surface area contributed by atoms with Crippen LogP contribution in [0, 0.1) is 5.92 Å². The molecule has 0 bridgehead atoms. The Kier molecular flexibility index (Phi) is 6.17. The predicted molar refractivity (Wildman–Crippen MR) is 111 cm³/mol. The third kappa shape index (κ3) is 4.50. The lowest BCUT2D eigenvalue weighted by Gasteiger charge is -2.36. The van der Waals surface area contributed by atoms with Crippen LogP contribution in [0.15, 0.2) is 35.7 Å². The zero-order valence-corrected chi connectivity index (χ0v) is 17.2. The Morgan fingerprint density at radius 2 is 2.00 bits per heavy atom. The molecule has 3 heterocycles. The van der Waals surface area contributed by atoms with Crippen LogP contribution in [0.4, 0.5) is 0 Å². The van der Waals surface area contributed by atoms with E-state index < -0.39 is 0 Å². The van der Waals surface area contributed by atoms with Gasteiger partial charge in [0.1, 0.15) is 0 Å². The molecule has 1 amide bonds. The highest BCUT2D eigenvalue weighted by molar-refractivity contribution is 7.10. The Bertz CT molecular complexity index is 785. The van der Waals surface area contributed by atoms with Crippen molar-refractivity contribution in [2.75, 3.05) is 32.8 Å². The summed E-state index contributed by atoms with van der Waals surface area (Å²) in [7, 11) is 0. The molecule has 0 spiro atoms. The van der Waals surface area contributed by atoms with Crippen molar-refractivity contribution in [2.45, 2.75) is 32.2 Å². The lowest BCUT2D eigenvalue weighted by atomic mass is 9.97. The molecule has 5 nitrogen and oxygen atoms in total. The van der Waals surface area contributed by atoms with Gasteiger partial charge in [-0.2, -0.15) is 0 Å². The summed E-state index contributed by atoms with van der Waals surface area (Å²) in [5.41, 5.74) is 0.612. The molecule has 0 radical (unpaired) electrons. The molecule has 2 aliphatic rings. The molecule has 0 unspecified atom stereocenters. The number of benzene rings is 1. The molecule has 1 N–H and O–H groups in total. The second-order valence-electron chi connectivity index (χ2n) is 7.67. The van der Waals surface area contributed by atoms with Crippen molar-refractivity contribution >= 4 is 17.2 Å². The Labute approximate surface area is 170 Å². The molecule has 1 aromatic heterocycles. The first-order valence-corrected chi connectivity index (χ1v) is 11.0. The summed E-state index contributed by atoms with van der Waals surface area (Å²) in [6, 6.07) is 9.93. The fraction of sp³-hybridized carbons (Fsp3) is 0.500. The van der Waals surface area contributed by atoms with Crippen molar-refractivity contribution in [3.63, 3.8) is 0 Å². The Morgan fingerprint density at radius 3 is 2.75 bits per heavy atom. The Morgan fingerprint density at radius 1 is 1.21 bits per heavy atom. The second-order valence-corrected chi connectivity index (χ2v) is 8.65. The number of rotatable bonds is 5. The zero-order valence-electron chi connectivity index (χ0n) is 16.4. The van der Waals surface area contributed by atoms with Crippen LogP contribution in [0.2, 0.25) is 0 Å². The van der Waals surface area contributed by atoms with Gasteiger partial charge in [0.15, 0.2) is 11.5 Å². The standard InChI is InChI=1S/C22H28N2O3S/c1-16-7-9-24(10-8-16)18(21-4-2-13-28-21)15-23-22(25)17-5-6-19-20(14-17)27-12-3-11-26-19/h2,4-6,13-14,16,18H,3,7-12,15H2,1H3,(H,23,25)/t18-/m1/s1. The molecule has 0 saturated carbocycles. The van der Waals surface area contributed by atoms with Gasteiger partial charge in [0, 0.05) is 23.4 Å². The van der Waals surface area contributed by atoms with Gasteiger partial charge < -0.3 is 14.8 Å². The number of amides is 1. The van der Waals surface area contributed by atoms with Crippen molar-refractivity contribution in [1.82, 2.24) is 10.2 Å². The van der Waals surface area contributed by atoms with Crippen LogP contribution in [0.3, 0.4) is 0 Å². The lowest BCUT2D eigenvalue weighted by Crippen LogP contribution is -2.41. The molecule has 2 aliphatic heterocycles. The number of carbonyl (C=O) groups excluding carboxylic acids is 1. The van der Waals surface area contributed by atoms with Crippen LogP contribution >= 0.6 is 11.3 Å². The highest BCUT2D eigenvalue weighted by Crippen LogP contribution is 2.31. The number of thiophene rings is 1. The molecular formula is C22H28N2O3S. The number of fused-ring (bicyclic) bond motifs is 1. The minimum atomic E-state index is -0.0671. The van der Waals surface area contributed by atoms with E-state index in [2.05, 4.69) is 34.7 Å². The van der Waals surface area contributed by atoms with E-state index in [1.165, 1.54) is 17.7 Å². The van der Waals surface area contributed by atoms with Gasteiger partial charge in [-0.25, -0.2) is 0 Å². The van der Waals surface area contributed by atoms with E-state index in [4.69, 9.17) is 9.47 Å². The van der Waals surface area contributed by atoms with Crippen LogP contribution in [-0.2, 0) is 0 Å². The number of nitrogens with one attached hydrogen (secondary N) is 1. The number of ether oxygens (including phenoxy) is 2. The highest BCUT2D eigenvalue weighted by atomic mass is 32.1. The fourth-order valence-electron chi connectivity index (χ4n) is 3.83. The first-order chi connectivity index (χ1) is 13.7. The number of piperidine rings is 1. The van der Waals surface area contributed by atoms with Crippen molar-refractivity contribution < 1.29 is 14.3 Å². The Hall–Kier alpha value is -2.05. The molecule has 6 heteroatoms. The SMILES string of the molecule is CC1CCN([C@H](CNC(=O)c2ccc3c(c2)OCCCO3)c2cccs2)CC1. The van der Waals surface area contributed by atoms with E-state index in [9.17, 15) is 4.79 Å². The summed E-state index contributed by atoms with van der Waals surface area (Å²) in [5, 5.41) is 5.26. The molecule has 4 rings (SSSR count).